The first-order chi connectivity index (χ1) is 13.0. The molecule has 2 aromatic carbocycles. The van der Waals surface area contributed by atoms with Crippen LogP contribution >= 0.6 is 0 Å². The summed E-state index contributed by atoms with van der Waals surface area (Å²) in [5.74, 6) is -0.403. The van der Waals surface area contributed by atoms with Gasteiger partial charge in [0.05, 0.1) is 12.6 Å². The van der Waals surface area contributed by atoms with E-state index < -0.39 is 0 Å². The fourth-order valence-electron chi connectivity index (χ4n) is 2.76. The number of nitrogens with zero attached hydrogens (tertiary/aromatic N) is 3. The Morgan fingerprint density at radius 2 is 1.93 bits per heavy atom. The summed E-state index contributed by atoms with van der Waals surface area (Å²) < 4.78 is 1.68. The lowest BCUT2D eigenvalue weighted by Gasteiger charge is -2.19. The Kier molecular flexibility index (Phi) is 5.61. The molecule has 0 unspecified atom stereocenters. The Bertz CT molecular complexity index is 923. The van der Waals surface area contributed by atoms with Crippen LogP contribution in [0.1, 0.15) is 34.5 Å². The van der Waals surface area contributed by atoms with Gasteiger partial charge in [0.1, 0.15) is 12.7 Å². The Labute approximate surface area is 157 Å². The average Bonchev–Trinajstić information content (AvgIpc) is 3.16. The summed E-state index contributed by atoms with van der Waals surface area (Å²) in [6, 6.07) is 14.7. The van der Waals surface area contributed by atoms with Gasteiger partial charge in [-0.05, 0) is 30.2 Å². The molecule has 0 aliphatic carbocycles. The molecule has 0 aliphatic rings. The molecule has 0 aliphatic heterocycles. The maximum atomic E-state index is 12.8. The fourth-order valence-corrected chi connectivity index (χ4v) is 2.76. The van der Waals surface area contributed by atoms with Gasteiger partial charge in [0, 0.05) is 18.2 Å². The first-order valence-corrected chi connectivity index (χ1v) is 8.59. The number of benzene rings is 2. The molecule has 0 saturated carbocycles. The number of carbonyl (C=O) groups excluding carboxylic acids is 2. The van der Waals surface area contributed by atoms with E-state index in [-0.39, 0.29) is 17.9 Å². The topological polar surface area (TPSA) is 88.9 Å². The number of hydrogen-bond acceptors (Lipinski definition) is 4. The van der Waals surface area contributed by atoms with Crippen LogP contribution in [0.15, 0.2) is 61.2 Å². The zero-order valence-electron chi connectivity index (χ0n) is 15.2. The summed E-state index contributed by atoms with van der Waals surface area (Å²) in [5.41, 5.74) is 2.96. The van der Waals surface area contributed by atoms with Crippen LogP contribution in [0, 0.1) is 6.92 Å². The number of anilines is 1. The summed E-state index contributed by atoms with van der Waals surface area (Å²) in [5, 5.41) is 9.92. The lowest BCUT2D eigenvalue weighted by molar-refractivity contribution is -0.114. The number of nitrogens with one attached hydrogen (secondary N) is 2. The predicted molar refractivity (Wildman–Crippen MR) is 102 cm³/mol. The minimum absolute atomic E-state index is 0.177. The van der Waals surface area contributed by atoms with Crippen LogP contribution in [-0.2, 0) is 11.3 Å². The molecule has 2 N–H and O–H groups in total. The van der Waals surface area contributed by atoms with Gasteiger partial charge in [-0.25, -0.2) is 4.98 Å². The van der Waals surface area contributed by atoms with Crippen LogP contribution < -0.4 is 10.6 Å². The summed E-state index contributed by atoms with van der Waals surface area (Å²) in [6.45, 7) is 3.78. The summed E-state index contributed by atoms with van der Waals surface area (Å²) in [6.07, 6.45) is 3.08. The van der Waals surface area contributed by atoms with Crippen LogP contribution in [0.25, 0.3) is 0 Å². The first-order valence-electron chi connectivity index (χ1n) is 8.59. The minimum atomic E-state index is -0.272. The number of aryl methyl sites for hydroxylation is 1. The van der Waals surface area contributed by atoms with E-state index in [1.54, 1.807) is 23.1 Å². The van der Waals surface area contributed by atoms with Crippen molar-refractivity contribution in [2.75, 3.05) is 5.32 Å². The molecule has 3 rings (SSSR count). The molecule has 7 heteroatoms. The summed E-state index contributed by atoms with van der Waals surface area (Å²) in [7, 11) is 0. The third-order valence-electron chi connectivity index (χ3n) is 4.15. The van der Waals surface area contributed by atoms with Crippen molar-refractivity contribution in [3.63, 3.8) is 0 Å². The van der Waals surface area contributed by atoms with E-state index in [1.807, 2.05) is 43.3 Å². The van der Waals surface area contributed by atoms with E-state index in [1.165, 1.54) is 13.3 Å². The molecular formula is C20H21N5O2. The highest BCUT2D eigenvalue weighted by Gasteiger charge is 2.17. The molecule has 0 bridgehead atoms. The number of hydrogen-bond donors (Lipinski definition) is 2. The van der Waals surface area contributed by atoms with Gasteiger partial charge in [0.15, 0.2) is 0 Å². The van der Waals surface area contributed by atoms with E-state index >= 15 is 0 Å². The van der Waals surface area contributed by atoms with Gasteiger partial charge in [-0.3, -0.25) is 14.3 Å². The highest BCUT2D eigenvalue weighted by atomic mass is 16.2. The predicted octanol–water partition coefficient (Wildman–Crippen LogP) is 2.72. The van der Waals surface area contributed by atoms with E-state index in [9.17, 15) is 9.59 Å². The maximum Gasteiger partial charge on any atom is 0.251 e. The van der Waals surface area contributed by atoms with E-state index in [0.717, 1.165) is 11.1 Å². The number of rotatable bonds is 6. The molecule has 2 amide bonds. The number of amides is 2. The molecule has 1 aromatic heterocycles. The molecule has 3 aromatic rings. The Morgan fingerprint density at radius 1 is 1.15 bits per heavy atom. The molecule has 0 radical (unpaired) electrons. The average molecular weight is 363 g/mol. The van der Waals surface area contributed by atoms with Gasteiger partial charge < -0.3 is 10.6 Å². The van der Waals surface area contributed by atoms with E-state index in [4.69, 9.17) is 0 Å². The fraction of sp³-hybridized carbons (Fsp3) is 0.200. The van der Waals surface area contributed by atoms with Crippen molar-refractivity contribution in [2.24, 2.45) is 0 Å². The third kappa shape index (κ3) is 4.78. The molecular weight excluding hydrogens is 342 g/mol. The monoisotopic (exact) mass is 363 g/mol. The van der Waals surface area contributed by atoms with E-state index in [2.05, 4.69) is 20.7 Å². The van der Waals surface area contributed by atoms with Crippen LogP contribution in [0.2, 0.25) is 0 Å². The molecule has 0 fully saturated rings. The van der Waals surface area contributed by atoms with Crippen molar-refractivity contribution < 1.29 is 9.59 Å². The smallest absolute Gasteiger partial charge is 0.251 e. The van der Waals surface area contributed by atoms with Crippen LogP contribution in [0.5, 0.6) is 0 Å². The summed E-state index contributed by atoms with van der Waals surface area (Å²) >= 11 is 0. The molecule has 1 heterocycles. The standard InChI is InChI=1S/C20H21N5O2/c1-14-8-9-17(10-18(14)23-15(2)26)20(27)24-19(11-25-13-21-12-22-25)16-6-4-3-5-7-16/h3-10,12-13,19H,11H2,1-2H3,(H,23,26)(H,24,27)/t19-/m1/s1. The normalized spacial score (nSPS) is 11.6. The van der Waals surface area contributed by atoms with Gasteiger partial charge in [0.25, 0.3) is 5.91 Å². The maximum absolute atomic E-state index is 12.8. The lowest BCUT2D eigenvalue weighted by atomic mass is 10.1. The first kappa shape index (κ1) is 18.3. The number of carbonyl (C=O) groups is 2. The molecule has 27 heavy (non-hydrogen) atoms. The van der Waals surface area contributed by atoms with Gasteiger partial charge in [-0.15, -0.1) is 0 Å². The molecule has 7 nitrogen and oxygen atoms in total. The Morgan fingerprint density at radius 3 is 2.59 bits per heavy atom. The second-order valence-electron chi connectivity index (χ2n) is 6.27. The van der Waals surface area contributed by atoms with Gasteiger partial charge in [-0.1, -0.05) is 36.4 Å². The summed E-state index contributed by atoms with van der Waals surface area (Å²) in [4.78, 5) is 28.2. The van der Waals surface area contributed by atoms with Gasteiger partial charge in [0.2, 0.25) is 5.91 Å². The van der Waals surface area contributed by atoms with Crippen molar-refractivity contribution in [3.8, 4) is 0 Å². The molecule has 138 valence electrons. The molecule has 1 atom stereocenters. The van der Waals surface area contributed by atoms with Gasteiger partial charge in [-0.2, -0.15) is 5.10 Å². The third-order valence-corrected chi connectivity index (χ3v) is 4.15. The van der Waals surface area contributed by atoms with Crippen molar-refractivity contribution in [2.45, 2.75) is 26.4 Å². The SMILES string of the molecule is CC(=O)Nc1cc(C(=O)N[C@H](Cn2cncn2)c2ccccc2)ccc1C. The second-order valence-corrected chi connectivity index (χ2v) is 6.27. The minimum Gasteiger partial charge on any atom is -0.343 e. The quantitative estimate of drug-likeness (QED) is 0.705. The van der Waals surface area contributed by atoms with Crippen LogP contribution in [-0.4, -0.2) is 26.6 Å². The highest BCUT2D eigenvalue weighted by molar-refractivity contribution is 5.97. The zero-order valence-corrected chi connectivity index (χ0v) is 15.2. The van der Waals surface area contributed by atoms with Crippen molar-refractivity contribution in [1.29, 1.82) is 0 Å². The van der Waals surface area contributed by atoms with Gasteiger partial charge >= 0.3 is 0 Å². The van der Waals surface area contributed by atoms with Crippen LogP contribution in [0.3, 0.4) is 0 Å². The highest BCUT2D eigenvalue weighted by Crippen LogP contribution is 2.19. The van der Waals surface area contributed by atoms with Crippen molar-refractivity contribution >= 4 is 17.5 Å². The second kappa shape index (κ2) is 8.27. The van der Waals surface area contributed by atoms with E-state index in [0.29, 0.717) is 17.8 Å². The Balaban J connectivity index is 1.83. The van der Waals surface area contributed by atoms with Crippen molar-refractivity contribution in [1.82, 2.24) is 20.1 Å². The lowest BCUT2D eigenvalue weighted by Crippen LogP contribution is -2.31. The van der Waals surface area contributed by atoms with Crippen LogP contribution in [0.4, 0.5) is 5.69 Å². The zero-order chi connectivity index (χ0) is 19.2. The molecule has 0 saturated heterocycles. The Hall–Kier alpha value is -3.48. The number of aromatic nitrogens is 3. The van der Waals surface area contributed by atoms with Crippen molar-refractivity contribution in [3.05, 3.63) is 77.9 Å². The largest absolute Gasteiger partial charge is 0.343 e. The molecule has 0 spiro atoms.